The van der Waals surface area contributed by atoms with Crippen molar-refractivity contribution >= 4 is 19.6 Å². The third kappa shape index (κ3) is 6.62. The van der Waals surface area contributed by atoms with E-state index in [1.807, 2.05) is 0 Å². The van der Waals surface area contributed by atoms with Crippen molar-refractivity contribution in [2.45, 2.75) is 18.6 Å². The molecule has 0 amide bonds. The lowest BCUT2D eigenvalue weighted by atomic mass is 10.1. The van der Waals surface area contributed by atoms with Crippen LogP contribution < -0.4 is 14.9 Å². The van der Waals surface area contributed by atoms with Crippen molar-refractivity contribution < 1.29 is 43.8 Å². The van der Waals surface area contributed by atoms with Gasteiger partial charge in [-0.05, 0) is 0 Å². The summed E-state index contributed by atoms with van der Waals surface area (Å²) in [7, 11) is -5.30. The Kier molecular flexibility index (Phi) is 5.73. The molecule has 0 aromatic carbocycles. The lowest BCUT2D eigenvalue weighted by Crippen LogP contribution is -2.39. The van der Waals surface area contributed by atoms with Crippen LogP contribution in [0.1, 0.15) is 6.42 Å². The fourth-order valence-corrected chi connectivity index (χ4v) is 1.02. The first-order chi connectivity index (χ1) is 7.13. The minimum atomic E-state index is -5.30. The molecule has 0 aromatic heterocycles. The van der Waals surface area contributed by atoms with E-state index in [-0.39, 0.29) is 0 Å². The first-order valence-electron chi connectivity index (χ1n) is 3.90. The maximum atomic E-state index is 10.5. The zero-order chi connectivity index (χ0) is 12.9. The largest absolute Gasteiger partial charge is 0.790 e. The Bertz CT molecular complexity index is 307. The number of carboxylic acids is 1. The summed E-state index contributed by atoms with van der Waals surface area (Å²) >= 11 is 0. The Labute approximate surface area is 89.5 Å². The maximum absolute atomic E-state index is 10.5. The first kappa shape index (κ1) is 15.2. The number of carboxylic acid groups (broad SMARTS) is 1. The number of hydrogen-bond acceptors (Lipinski definition) is 9. The predicted octanol–water partition coefficient (Wildman–Crippen LogP) is -4.74. The summed E-state index contributed by atoms with van der Waals surface area (Å²) in [6.07, 6.45) is -4.72. The number of aliphatic hydroxyl groups excluding tert-OH is 2. The number of ketones is 1. The highest BCUT2D eigenvalue weighted by atomic mass is 31.2. The van der Waals surface area contributed by atoms with Crippen LogP contribution >= 0.6 is 7.82 Å². The van der Waals surface area contributed by atoms with E-state index in [9.17, 15) is 29.0 Å². The van der Waals surface area contributed by atoms with E-state index in [1.54, 1.807) is 0 Å². The summed E-state index contributed by atoms with van der Waals surface area (Å²) in [5.74, 6) is -3.52. The summed E-state index contributed by atoms with van der Waals surface area (Å²) in [4.78, 5) is 40.4. The van der Waals surface area contributed by atoms with E-state index in [1.165, 1.54) is 0 Å². The van der Waals surface area contributed by atoms with Crippen LogP contribution in [-0.4, -0.2) is 40.8 Å². The Balaban J connectivity index is 4.09. The molecule has 0 aromatic rings. The van der Waals surface area contributed by atoms with Crippen LogP contribution in [0.5, 0.6) is 0 Å². The van der Waals surface area contributed by atoms with Crippen LogP contribution in [0.4, 0.5) is 0 Å². The molecule has 2 N–H and O–H groups in total. The fourth-order valence-electron chi connectivity index (χ4n) is 0.688. The molecule has 0 unspecified atom stereocenters. The molecular formula is C6H8O9P-3. The molecule has 0 aliphatic heterocycles. The SMILES string of the molecule is O=C([O-])C(=O)C[C@@H](O)[C@H](O)COP(=O)([O-])[O-]. The summed E-state index contributed by atoms with van der Waals surface area (Å²) in [5, 5.41) is 27.9. The summed E-state index contributed by atoms with van der Waals surface area (Å²) in [5.41, 5.74) is 0. The smallest absolute Gasteiger partial charge is 0.180 e. The van der Waals surface area contributed by atoms with Gasteiger partial charge in [0.2, 0.25) is 0 Å². The Morgan fingerprint density at radius 1 is 1.25 bits per heavy atom. The minimum Gasteiger partial charge on any atom is -0.790 e. The van der Waals surface area contributed by atoms with Gasteiger partial charge < -0.3 is 39.0 Å². The molecule has 94 valence electrons. The Morgan fingerprint density at radius 3 is 2.12 bits per heavy atom. The standard InChI is InChI=1S/C6H11O9P/c7-3(1-4(8)6(10)11)5(9)2-15-16(12,13)14/h3,5,7,9H,1-2H2,(H,10,11)(H2,12,13,14)/p-3/t3-,5-/m1/s1. The molecule has 0 saturated carbocycles. The summed E-state index contributed by atoms with van der Waals surface area (Å²) in [6.45, 7) is -1.06. The quantitative estimate of drug-likeness (QED) is 0.334. The van der Waals surface area contributed by atoms with Gasteiger partial charge in [0.15, 0.2) is 5.78 Å². The van der Waals surface area contributed by atoms with Gasteiger partial charge in [0.05, 0.1) is 20.5 Å². The van der Waals surface area contributed by atoms with Crippen molar-refractivity contribution in [3.63, 3.8) is 0 Å². The number of hydrogen-bond donors (Lipinski definition) is 2. The van der Waals surface area contributed by atoms with E-state index in [4.69, 9.17) is 10.2 Å². The highest BCUT2D eigenvalue weighted by Crippen LogP contribution is 2.24. The number of rotatable bonds is 7. The molecule has 0 fully saturated rings. The number of carbonyl (C=O) groups excluding carboxylic acids is 2. The van der Waals surface area contributed by atoms with Crippen LogP contribution in [0, 0.1) is 0 Å². The van der Waals surface area contributed by atoms with Gasteiger partial charge in [-0.1, -0.05) is 0 Å². The topological polar surface area (TPSA) is 170 Å². The number of Topliss-reactive ketones (excluding diaryl/α,β-unsaturated/α-hetero) is 1. The van der Waals surface area contributed by atoms with Crippen molar-refractivity contribution in [3.05, 3.63) is 0 Å². The number of aliphatic hydroxyl groups is 2. The number of phosphoric ester groups is 1. The molecule has 0 rings (SSSR count). The normalized spacial score (nSPS) is 15.5. The molecule has 0 aliphatic carbocycles. The molecule has 9 nitrogen and oxygen atoms in total. The average Bonchev–Trinajstić information content (AvgIpc) is 2.12. The third-order valence-corrected chi connectivity index (χ3v) is 1.94. The van der Waals surface area contributed by atoms with E-state index in [2.05, 4.69) is 4.52 Å². The molecule has 10 heteroatoms. The van der Waals surface area contributed by atoms with Gasteiger partial charge >= 0.3 is 0 Å². The Morgan fingerprint density at radius 2 is 1.75 bits per heavy atom. The van der Waals surface area contributed by atoms with E-state index < -0.39 is 44.8 Å². The van der Waals surface area contributed by atoms with Crippen LogP contribution in [0.15, 0.2) is 0 Å². The zero-order valence-electron chi connectivity index (χ0n) is 7.77. The van der Waals surface area contributed by atoms with Crippen LogP contribution in [-0.2, 0) is 18.7 Å². The molecule has 2 atom stereocenters. The predicted molar refractivity (Wildman–Crippen MR) is 40.2 cm³/mol. The molecule has 0 spiro atoms. The molecular weight excluding hydrogens is 247 g/mol. The van der Waals surface area contributed by atoms with Crippen LogP contribution in [0.2, 0.25) is 0 Å². The summed E-state index contributed by atoms with van der Waals surface area (Å²) < 4.78 is 13.6. The maximum Gasteiger partial charge on any atom is 0.180 e. The van der Waals surface area contributed by atoms with Crippen molar-refractivity contribution in [1.82, 2.24) is 0 Å². The Hall–Kier alpha value is -0.830. The second kappa shape index (κ2) is 6.04. The fraction of sp³-hybridized carbons (Fsp3) is 0.667. The molecule has 0 radical (unpaired) electrons. The van der Waals surface area contributed by atoms with Gasteiger partial charge in [-0.3, -0.25) is 4.79 Å². The van der Waals surface area contributed by atoms with Crippen molar-refractivity contribution in [2.24, 2.45) is 0 Å². The van der Waals surface area contributed by atoms with E-state index in [0.29, 0.717) is 0 Å². The second-order valence-corrected chi connectivity index (χ2v) is 3.95. The molecule has 16 heavy (non-hydrogen) atoms. The molecule has 0 heterocycles. The highest BCUT2D eigenvalue weighted by molar-refractivity contribution is 7.43. The first-order valence-corrected chi connectivity index (χ1v) is 5.36. The zero-order valence-corrected chi connectivity index (χ0v) is 8.66. The number of aliphatic carboxylic acids is 1. The van der Waals surface area contributed by atoms with Gasteiger partial charge in [0, 0.05) is 6.42 Å². The van der Waals surface area contributed by atoms with Gasteiger partial charge in [0.1, 0.15) is 12.1 Å². The van der Waals surface area contributed by atoms with Crippen LogP contribution in [0.25, 0.3) is 0 Å². The highest BCUT2D eigenvalue weighted by Gasteiger charge is 2.20. The van der Waals surface area contributed by atoms with Crippen molar-refractivity contribution in [1.29, 1.82) is 0 Å². The average molecular weight is 255 g/mol. The molecule has 0 bridgehead atoms. The van der Waals surface area contributed by atoms with Gasteiger partial charge in [-0.2, -0.15) is 0 Å². The lowest BCUT2D eigenvalue weighted by molar-refractivity contribution is -0.343. The monoisotopic (exact) mass is 255 g/mol. The molecule has 0 aliphatic rings. The van der Waals surface area contributed by atoms with Crippen molar-refractivity contribution in [2.75, 3.05) is 6.61 Å². The van der Waals surface area contributed by atoms with Gasteiger partial charge in [-0.25, -0.2) is 0 Å². The number of phosphoric acid groups is 1. The van der Waals surface area contributed by atoms with Crippen LogP contribution in [0.3, 0.4) is 0 Å². The van der Waals surface area contributed by atoms with Crippen molar-refractivity contribution in [3.8, 4) is 0 Å². The summed E-state index contributed by atoms with van der Waals surface area (Å²) in [6, 6.07) is 0. The minimum absolute atomic E-state index is 0.977. The van der Waals surface area contributed by atoms with E-state index >= 15 is 0 Å². The van der Waals surface area contributed by atoms with Gasteiger partial charge in [-0.15, -0.1) is 0 Å². The second-order valence-electron chi connectivity index (χ2n) is 2.79. The third-order valence-electron chi connectivity index (χ3n) is 1.47. The lowest BCUT2D eigenvalue weighted by Gasteiger charge is -2.30. The van der Waals surface area contributed by atoms with Gasteiger partial charge in [0.25, 0.3) is 0 Å². The molecule has 0 saturated heterocycles. The van der Waals surface area contributed by atoms with E-state index in [0.717, 1.165) is 0 Å². The number of carbonyl (C=O) groups is 2.